The Balaban J connectivity index is 2.78. The largest absolute Gasteiger partial charge is 0.383 e. The van der Waals surface area contributed by atoms with Gasteiger partial charge in [-0.2, -0.15) is 0 Å². The summed E-state index contributed by atoms with van der Waals surface area (Å²) in [5.74, 6) is 2.28. The molecule has 0 spiro atoms. The Hall–Kier alpha value is -1.32. The van der Waals surface area contributed by atoms with Crippen molar-refractivity contribution < 1.29 is 0 Å². The van der Waals surface area contributed by atoms with Gasteiger partial charge < -0.3 is 11.1 Å². The zero-order chi connectivity index (χ0) is 12.8. The van der Waals surface area contributed by atoms with E-state index in [1.165, 1.54) is 12.8 Å². The van der Waals surface area contributed by atoms with Crippen molar-refractivity contribution in [2.75, 3.05) is 11.1 Å². The fraction of sp³-hybridized carbons (Fsp3) is 0.692. The topological polar surface area (TPSA) is 63.8 Å². The van der Waals surface area contributed by atoms with Crippen LogP contribution in [0.4, 0.5) is 11.6 Å². The standard InChI is InChI=1S/C13H24N4/c1-5-7-8-9(3)15-13-10(4)12(14)16-11(6-2)17-13/h9H,5-8H2,1-4H3,(H3,14,15,16,17). The van der Waals surface area contributed by atoms with Crippen LogP contribution in [0.1, 0.15) is 51.4 Å². The molecule has 4 nitrogen and oxygen atoms in total. The SMILES string of the molecule is CCCCC(C)Nc1nc(CC)nc(N)c1C. The van der Waals surface area contributed by atoms with Crippen molar-refractivity contribution in [2.24, 2.45) is 0 Å². The van der Waals surface area contributed by atoms with Crippen LogP contribution in [0.15, 0.2) is 0 Å². The first-order valence-electron chi connectivity index (χ1n) is 6.48. The Morgan fingerprint density at radius 2 is 2.00 bits per heavy atom. The van der Waals surface area contributed by atoms with Gasteiger partial charge >= 0.3 is 0 Å². The minimum atomic E-state index is 0.424. The van der Waals surface area contributed by atoms with Crippen LogP contribution in [0, 0.1) is 6.92 Å². The summed E-state index contributed by atoms with van der Waals surface area (Å²) in [6.07, 6.45) is 4.41. The monoisotopic (exact) mass is 236 g/mol. The molecule has 3 N–H and O–H groups in total. The number of aryl methyl sites for hydroxylation is 1. The highest BCUT2D eigenvalue weighted by molar-refractivity contribution is 5.55. The van der Waals surface area contributed by atoms with E-state index in [1.54, 1.807) is 0 Å². The third-order valence-electron chi connectivity index (χ3n) is 2.92. The van der Waals surface area contributed by atoms with Crippen LogP contribution in [0.3, 0.4) is 0 Å². The van der Waals surface area contributed by atoms with Gasteiger partial charge in [-0.3, -0.25) is 0 Å². The van der Waals surface area contributed by atoms with Crippen LogP contribution < -0.4 is 11.1 Å². The first-order chi connectivity index (χ1) is 8.08. The number of anilines is 2. The van der Waals surface area contributed by atoms with E-state index in [4.69, 9.17) is 5.73 Å². The van der Waals surface area contributed by atoms with Gasteiger partial charge in [-0.05, 0) is 20.3 Å². The van der Waals surface area contributed by atoms with Gasteiger partial charge in [0.05, 0.1) is 0 Å². The highest BCUT2D eigenvalue weighted by atomic mass is 15.1. The number of nitrogen functional groups attached to an aromatic ring is 1. The maximum Gasteiger partial charge on any atom is 0.134 e. The summed E-state index contributed by atoms with van der Waals surface area (Å²) in [6, 6.07) is 0.424. The summed E-state index contributed by atoms with van der Waals surface area (Å²) >= 11 is 0. The van der Waals surface area contributed by atoms with Gasteiger partial charge in [0.1, 0.15) is 17.5 Å². The molecule has 1 unspecified atom stereocenters. The molecule has 1 aromatic rings. The number of nitrogens with zero attached hydrogens (tertiary/aromatic N) is 2. The van der Waals surface area contributed by atoms with Crippen molar-refractivity contribution in [3.8, 4) is 0 Å². The number of hydrogen-bond donors (Lipinski definition) is 2. The van der Waals surface area contributed by atoms with Crippen molar-refractivity contribution in [2.45, 2.75) is 59.4 Å². The maximum absolute atomic E-state index is 5.88. The fourth-order valence-electron chi connectivity index (χ4n) is 1.70. The third kappa shape index (κ3) is 3.88. The second kappa shape index (κ2) is 6.42. The van der Waals surface area contributed by atoms with Crippen molar-refractivity contribution >= 4 is 11.6 Å². The van der Waals surface area contributed by atoms with Crippen LogP contribution in [0.5, 0.6) is 0 Å². The van der Waals surface area contributed by atoms with E-state index in [0.29, 0.717) is 11.9 Å². The highest BCUT2D eigenvalue weighted by Crippen LogP contribution is 2.19. The van der Waals surface area contributed by atoms with Gasteiger partial charge in [0, 0.05) is 18.0 Å². The molecule has 1 heterocycles. The van der Waals surface area contributed by atoms with E-state index < -0.39 is 0 Å². The summed E-state index contributed by atoms with van der Waals surface area (Å²) in [5.41, 5.74) is 6.83. The van der Waals surface area contributed by atoms with E-state index in [2.05, 4.69) is 29.1 Å². The van der Waals surface area contributed by atoms with Gasteiger partial charge in [0.25, 0.3) is 0 Å². The van der Waals surface area contributed by atoms with Gasteiger partial charge in [0.2, 0.25) is 0 Å². The maximum atomic E-state index is 5.88. The molecule has 0 aliphatic heterocycles. The minimum Gasteiger partial charge on any atom is -0.383 e. The van der Waals surface area contributed by atoms with Crippen molar-refractivity contribution in [3.05, 3.63) is 11.4 Å². The quantitative estimate of drug-likeness (QED) is 0.797. The molecule has 0 saturated carbocycles. The molecule has 0 aliphatic rings. The molecule has 96 valence electrons. The number of aromatic nitrogens is 2. The van der Waals surface area contributed by atoms with Crippen LogP contribution in [-0.2, 0) is 6.42 Å². The Morgan fingerprint density at radius 1 is 1.29 bits per heavy atom. The Kier molecular flexibility index (Phi) is 5.19. The lowest BCUT2D eigenvalue weighted by Gasteiger charge is -2.17. The second-order valence-electron chi connectivity index (χ2n) is 4.54. The lowest BCUT2D eigenvalue weighted by molar-refractivity contribution is 0.642. The Labute approximate surface area is 104 Å². The van der Waals surface area contributed by atoms with Gasteiger partial charge in [-0.1, -0.05) is 26.7 Å². The molecule has 1 rings (SSSR count). The van der Waals surface area contributed by atoms with Gasteiger partial charge in [0.15, 0.2) is 0 Å². The summed E-state index contributed by atoms with van der Waals surface area (Å²) < 4.78 is 0. The number of unbranched alkanes of at least 4 members (excludes halogenated alkanes) is 1. The Bertz CT molecular complexity index is 363. The summed E-state index contributed by atoms with van der Waals surface area (Å²) in [7, 11) is 0. The van der Waals surface area contributed by atoms with Gasteiger partial charge in [-0.15, -0.1) is 0 Å². The van der Waals surface area contributed by atoms with Crippen molar-refractivity contribution in [3.63, 3.8) is 0 Å². The second-order valence-corrected chi connectivity index (χ2v) is 4.54. The molecule has 0 saturated heterocycles. The van der Waals surface area contributed by atoms with E-state index >= 15 is 0 Å². The van der Waals surface area contributed by atoms with Crippen LogP contribution in [0.25, 0.3) is 0 Å². The first kappa shape index (κ1) is 13.7. The van der Waals surface area contributed by atoms with Crippen LogP contribution >= 0.6 is 0 Å². The molecule has 0 radical (unpaired) electrons. The summed E-state index contributed by atoms with van der Waals surface area (Å²) in [5, 5.41) is 3.43. The number of nitrogens with two attached hydrogens (primary N) is 1. The van der Waals surface area contributed by atoms with E-state index in [-0.39, 0.29) is 0 Å². The Morgan fingerprint density at radius 3 is 2.59 bits per heavy atom. The third-order valence-corrected chi connectivity index (χ3v) is 2.92. The van der Waals surface area contributed by atoms with Crippen molar-refractivity contribution in [1.82, 2.24) is 9.97 Å². The predicted octanol–water partition coefficient (Wildman–Crippen LogP) is 2.92. The molecule has 1 atom stereocenters. The average molecular weight is 236 g/mol. The molecule has 0 aliphatic carbocycles. The number of hydrogen-bond acceptors (Lipinski definition) is 4. The molecular formula is C13H24N4. The first-order valence-corrected chi connectivity index (χ1v) is 6.48. The predicted molar refractivity (Wildman–Crippen MR) is 73.2 cm³/mol. The summed E-state index contributed by atoms with van der Waals surface area (Å²) in [4.78, 5) is 8.75. The number of nitrogens with one attached hydrogen (secondary N) is 1. The molecule has 4 heteroatoms. The fourth-order valence-corrected chi connectivity index (χ4v) is 1.70. The van der Waals surface area contributed by atoms with Crippen LogP contribution in [0.2, 0.25) is 0 Å². The average Bonchev–Trinajstić information content (AvgIpc) is 2.32. The lowest BCUT2D eigenvalue weighted by atomic mass is 10.1. The zero-order valence-electron chi connectivity index (χ0n) is 11.4. The smallest absolute Gasteiger partial charge is 0.134 e. The van der Waals surface area contributed by atoms with Gasteiger partial charge in [-0.25, -0.2) is 9.97 Å². The molecule has 0 bridgehead atoms. The van der Waals surface area contributed by atoms with E-state index in [9.17, 15) is 0 Å². The molecule has 0 amide bonds. The molecule has 17 heavy (non-hydrogen) atoms. The normalized spacial score (nSPS) is 12.5. The molecule has 0 fully saturated rings. The van der Waals surface area contributed by atoms with Crippen molar-refractivity contribution in [1.29, 1.82) is 0 Å². The van der Waals surface area contributed by atoms with Crippen LogP contribution in [-0.4, -0.2) is 16.0 Å². The zero-order valence-corrected chi connectivity index (χ0v) is 11.4. The molecule has 1 aromatic heterocycles. The number of rotatable bonds is 6. The molecule has 0 aromatic carbocycles. The van der Waals surface area contributed by atoms with E-state index in [0.717, 1.165) is 30.0 Å². The lowest BCUT2D eigenvalue weighted by Crippen LogP contribution is -2.18. The summed E-state index contributed by atoms with van der Waals surface area (Å²) in [6.45, 7) is 8.38. The highest BCUT2D eigenvalue weighted by Gasteiger charge is 2.10. The molecular weight excluding hydrogens is 212 g/mol. The minimum absolute atomic E-state index is 0.424. The van der Waals surface area contributed by atoms with E-state index in [1.807, 2.05) is 13.8 Å².